The Balaban J connectivity index is 2.22. The van der Waals surface area contributed by atoms with Gasteiger partial charge in [-0.2, -0.15) is 0 Å². The Morgan fingerprint density at radius 2 is 2.06 bits per heavy atom. The van der Waals surface area contributed by atoms with Crippen molar-refractivity contribution in [2.75, 3.05) is 0 Å². The molecule has 90 valence electrons. The number of hydrogen-bond donors (Lipinski definition) is 1. The van der Waals surface area contributed by atoms with E-state index < -0.39 is 11.9 Å². The first-order chi connectivity index (χ1) is 8.09. The van der Waals surface area contributed by atoms with Crippen molar-refractivity contribution in [3.8, 4) is 0 Å². The second-order valence-corrected chi connectivity index (χ2v) is 4.30. The SMILES string of the molecule is OC(Cc1cccc(F)c1Cl)c1ccoc1Cl. The van der Waals surface area contributed by atoms with Crippen molar-refractivity contribution in [1.82, 2.24) is 0 Å². The predicted octanol–water partition coefficient (Wildman–Crippen LogP) is 4.00. The van der Waals surface area contributed by atoms with Crippen LogP contribution < -0.4 is 0 Å². The molecule has 0 saturated heterocycles. The standard InChI is InChI=1S/C12H9Cl2FO2/c13-11-7(2-1-3-9(11)15)6-10(16)8-4-5-17-12(8)14/h1-5,10,16H,6H2. The first-order valence-corrected chi connectivity index (χ1v) is 5.69. The number of benzene rings is 1. The minimum Gasteiger partial charge on any atom is -0.453 e. The zero-order chi connectivity index (χ0) is 12.4. The molecule has 0 aliphatic rings. The van der Waals surface area contributed by atoms with Gasteiger partial charge in [0.05, 0.1) is 17.4 Å². The van der Waals surface area contributed by atoms with E-state index in [4.69, 9.17) is 27.6 Å². The summed E-state index contributed by atoms with van der Waals surface area (Å²) in [6, 6.07) is 6.03. The Kier molecular flexibility index (Phi) is 3.72. The molecule has 2 rings (SSSR count). The van der Waals surface area contributed by atoms with Gasteiger partial charge in [0.15, 0.2) is 5.22 Å². The molecular weight excluding hydrogens is 266 g/mol. The fourth-order valence-electron chi connectivity index (χ4n) is 1.57. The van der Waals surface area contributed by atoms with Crippen molar-refractivity contribution in [1.29, 1.82) is 0 Å². The van der Waals surface area contributed by atoms with Gasteiger partial charge >= 0.3 is 0 Å². The van der Waals surface area contributed by atoms with Gasteiger partial charge in [0.25, 0.3) is 0 Å². The first-order valence-electron chi connectivity index (χ1n) is 4.93. The normalized spacial score (nSPS) is 12.7. The summed E-state index contributed by atoms with van der Waals surface area (Å²) in [4.78, 5) is 0. The summed E-state index contributed by atoms with van der Waals surface area (Å²) in [6.45, 7) is 0. The van der Waals surface area contributed by atoms with Gasteiger partial charge < -0.3 is 9.52 Å². The lowest BCUT2D eigenvalue weighted by atomic mass is 10.0. The quantitative estimate of drug-likeness (QED) is 0.918. The Labute approximate surface area is 108 Å². The molecule has 1 aromatic heterocycles. The smallest absolute Gasteiger partial charge is 0.198 e. The predicted molar refractivity (Wildman–Crippen MR) is 63.8 cm³/mol. The molecule has 0 aliphatic carbocycles. The van der Waals surface area contributed by atoms with Crippen LogP contribution in [-0.4, -0.2) is 5.11 Å². The Morgan fingerprint density at radius 1 is 1.29 bits per heavy atom. The molecule has 0 aliphatic heterocycles. The van der Waals surface area contributed by atoms with E-state index >= 15 is 0 Å². The zero-order valence-electron chi connectivity index (χ0n) is 8.66. The van der Waals surface area contributed by atoms with Gasteiger partial charge in [0.1, 0.15) is 5.82 Å². The van der Waals surface area contributed by atoms with E-state index in [1.165, 1.54) is 12.3 Å². The summed E-state index contributed by atoms with van der Waals surface area (Å²) in [5, 5.41) is 10.1. The summed E-state index contributed by atoms with van der Waals surface area (Å²) in [7, 11) is 0. The van der Waals surface area contributed by atoms with Crippen LogP contribution in [0.4, 0.5) is 4.39 Å². The fraction of sp³-hybridized carbons (Fsp3) is 0.167. The Morgan fingerprint density at radius 3 is 2.71 bits per heavy atom. The lowest BCUT2D eigenvalue weighted by molar-refractivity contribution is 0.177. The van der Waals surface area contributed by atoms with Crippen molar-refractivity contribution < 1.29 is 13.9 Å². The molecule has 17 heavy (non-hydrogen) atoms. The molecule has 0 radical (unpaired) electrons. The van der Waals surface area contributed by atoms with Gasteiger partial charge in [-0.05, 0) is 29.3 Å². The highest BCUT2D eigenvalue weighted by Gasteiger charge is 2.17. The molecule has 0 fully saturated rings. The highest BCUT2D eigenvalue weighted by Crippen LogP contribution is 2.29. The van der Waals surface area contributed by atoms with Gasteiger partial charge in [-0.15, -0.1) is 0 Å². The Bertz CT molecular complexity index is 525. The number of furan rings is 1. The van der Waals surface area contributed by atoms with Crippen molar-refractivity contribution in [2.45, 2.75) is 12.5 Å². The van der Waals surface area contributed by atoms with Gasteiger partial charge in [0, 0.05) is 12.0 Å². The van der Waals surface area contributed by atoms with Crippen molar-refractivity contribution in [3.63, 3.8) is 0 Å². The van der Waals surface area contributed by atoms with E-state index in [0.29, 0.717) is 11.1 Å². The molecule has 1 aromatic carbocycles. The first kappa shape index (κ1) is 12.4. The fourth-order valence-corrected chi connectivity index (χ4v) is 2.01. The summed E-state index contributed by atoms with van der Waals surface area (Å²) >= 11 is 11.5. The van der Waals surface area contributed by atoms with E-state index in [1.54, 1.807) is 18.2 Å². The lowest BCUT2D eigenvalue weighted by Gasteiger charge is -2.10. The molecule has 5 heteroatoms. The largest absolute Gasteiger partial charge is 0.453 e. The van der Waals surface area contributed by atoms with Gasteiger partial charge in [-0.25, -0.2) is 4.39 Å². The maximum atomic E-state index is 13.2. The minimum absolute atomic E-state index is 0.0196. The molecule has 0 saturated carbocycles. The van der Waals surface area contributed by atoms with Gasteiger partial charge in [0.2, 0.25) is 0 Å². The average molecular weight is 275 g/mol. The molecule has 1 unspecified atom stereocenters. The summed E-state index contributed by atoms with van der Waals surface area (Å²) in [5.74, 6) is -0.505. The molecule has 0 amide bonds. The van der Waals surface area contributed by atoms with E-state index in [0.717, 1.165) is 0 Å². The number of rotatable bonds is 3. The zero-order valence-corrected chi connectivity index (χ0v) is 10.2. The van der Waals surface area contributed by atoms with E-state index in [1.807, 2.05) is 0 Å². The third kappa shape index (κ3) is 2.63. The lowest BCUT2D eigenvalue weighted by Crippen LogP contribution is -2.02. The van der Waals surface area contributed by atoms with Gasteiger partial charge in [-0.3, -0.25) is 0 Å². The molecule has 1 atom stereocenters. The average Bonchev–Trinajstić information content (AvgIpc) is 2.71. The summed E-state index contributed by atoms with van der Waals surface area (Å²) in [5.41, 5.74) is 0.989. The van der Waals surface area contributed by atoms with Crippen LogP contribution in [0.3, 0.4) is 0 Å². The van der Waals surface area contributed by atoms with Crippen molar-refractivity contribution in [3.05, 3.63) is 57.7 Å². The summed E-state index contributed by atoms with van der Waals surface area (Å²) in [6.07, 6.45) is 0.685. The monoisotopic (exact) mass is 274 g/mol. The number of hydrogen-bond acceptors (Lipinski definition) is 2. The minimum atomic E-state index is -0.874. The van der Waals surface area contributed by atoms with E-state index in [2.05, 4.69) is 0 Å². The van der Waals surface area contributed by atoms with Crippen molar-refractivity contribution in [2.24, 2.45) is 0 Å². The third-order valence-corrected chi connectivity index (χ3v) is 3.18. The van der Waals surface area contributed by atoms with Crippen molar-refractivity contribution >= 4 is 23.2 Å². The third-order valence-electron chi connectivity index (χ3n) is 2.45. The molecule has 1 heterocycles. The molecular formula is C12H9Cl2FO2. The highest BCUT2D eigenvalue weighted by atomic mass is 35.5. The second-order valence-electron chi connectivity index (χ2n) is 3.58. The molecule has 1 N–H and O–H groups in total. The number of aliphatic hydroxyl groups is 1. The summed E-state index contributed by atoms with van der Waals surface area (Å²) < 4.78 is 18.1. The van der Waals surface area contributed by atoms with E-state index in [-0.39, 0.29) is 16.7 Å². The molecule has 0 bridgehead atoms. The highest BCUT2D eigenvalue weighted by molar-refractivity contribution is 6.31. The van der Waals surface area contributed by atoms with Crippen LogP contribution in [0.2, 0.25) is 10.2 Å². The topological polar surface area (TPSA) is 33.4 Å². The van der Waals surface area contributed by atoms with Crippen LogP contribution in [0.5, 0.6) is 0 Å². The van der Waals surface area contributed by atoms with Crippen LogP contribution in [0.1, 0.15) is 17.2 Å². The maximum absolute atomic E-state index is 13.2. The number of halogens is 3. The number of aliphatic hydroxyl groups excluding tert-OH is 1. The maximum Gasteiger partial charge on any atom is 0.198 e. The van der Waals surface area contributed by atoms with Crippen LogP contribution in [-0.2, 0) is 6.42 Å². The van der Waals surface area contributed by atoms with Gasteiger partial charge in [-0.1, -0.05) is 23.7 Å². The molecule has 2 aromatic rings. The Hall–Kier alpha value is -1.03. The second kappa shape index (κ2) is 5.08. The molecule has 0 spiro atoms. The van der Waals surface area contributed by atoms with E-state index in [9.17, 15) is 9.50 Å². The van der Waals surface area contributed by atoms with Crippen LogP contribution in [0.15, 0.2) is 34.9 Å². The van der Waals surface area contributed by atoms with Crippen LogP contribution in [0.25, 0.3) is 0 Å². The molecule has 2 nitrogen and oxygen atoms in total. The van der Waals surface area contributed by atoms with Crippen LogP contribution in [0, 0.1) is 5.82 Å². The van der Waals surface area contributed by atoms with Crippen LogP contribution >= 0.6 is 23.2 Å².